The van der Waals surface area contributed by atoms with E-state index in [-0.39, 0.29) is 16.3 Å². The molecule has 0 spiro atoms. The molecule has 0 unspecified atom stereocenters. The van der Waals surface area contributed by atoms with E-state index in [0.717, 1.165) is 10.8 Å². The van der Waals surface area contributed by atoms with Crippen molar-refractivity contribution in [1.82, 2.24) is 0 Å². The first-order valence-corrected chi connectivity index (χ1v) is 12.3. The van der Waals surface area contributed by atoms with Crippen LogP contribution in [0.5, 0.6) is 0 Å². The highest BCUT2D eigenvalue weighted by Crippen LogP contribution is 2.39. The number of fused-ring (bicyclic) bond motifs is 2. The Labute approximate surface area is 206 Å². The molecule has 36 heavy (non-hydrogen) atoms. The fraction of sp³-hybridized carbons (Fsp3) is 0. The van der Waals surface area contributed by atoms with Crippen molar-refractivity contribution in [3.8, 4) is 0 Å². The van der Waals surface area contributed by atoms with E-state index in [2.05, 4.69) is 20.5 Å². The van der Waals surface area contributed by atoms with E-state index < -0.39 is 10.1 Å². The Balaban J connectivity index is 1.47. The number of anilines is 2. The molecule has 5 rings (SSSR count). The maximum absolute atomic E-state index is 11.7. The van der Waals surface area contributed by atoms with Crippen molar-refractivity contribution in [2.45, 2.75) is 4.90 Å². The van der Waals surface area contributed by atoms with E-state index in [1.165, 1.54) is 12.1 Å². The molecule has 0 amide bonds. The minimum atomic E-state index is -4.40. The lowest BCUT2D eigenvalue weighted by molar-refractivity contribution is 0.484. The zero-order valence-electron chi connectivity index (χ0n) is 18.8. The lowest BCUT2D eigenvalue weighted by atomic mass is 10.1. The van der Waals surface area contributed by atoms with Crippen molar-refractivity contribution in [3.05, 3.63) is 91.0 Å². The first kappa shape index (κ1) is 23.1. The van der Waals surface area contributed by atoms with Crippen molar-refractivity contribution < 1.29 is 13.0 Å². The van der Waals surface area contributed by atoms with Crippen molar-refractivity contribution in [3.63, 3.8) is 0 Å². The van der Waals surface area contributed by atoms with Gasteiger partial charge in [0, 0.05) is 16.2 Å². The van der Waals surface area contributed by atoms with Crippen LogP contribution in [-0.2, 0) is 10.1 Å². The Hall–Kier alpha value is -4.67. The van der Waals surface area contributed by atoms with Gasteiger partial charge in [-0.2, -0.15) is 8.42 Å². The molecule has 10 heteroatoms. The zero-order chi connectivity index (χ0) is 25.3. The molecule has 0 saturated carbocycles. The Bertz CT molecular complexity index is 1790. The lowest BCUT2D eigenvalue weighted by Gasteiger charge is -2.07. The van der Waals surface area contributed by atoms with Crippen LogP contribution in [0.25, 0.3) is 21.5 Å². The number of azo groups is 2. The number of nitrogen functional groups attached to an aromatic ring is 2. The summed E-state index contributed by atoms with van der Waals surface area (Å²) in [5.41, 5.74) is 14.6. The summed E-state index contributed by atoms with van der Waals surface area (Å²) < 4.78 is 32.9. The van der Waals surface area contributed by atoms with Gasteiger partial charge in [-0.3, -0.25) is 4.55 Å². The van der Waals surface area contributed by atoms with Crippen molar-refractivity contribution in [2.75, 3.05) is 11.5 Å². The highest BCUT2D eigenvalue weighted by molar-refractivity contribution is 7.86. The fourth-order valence-electron chi connectivity index (χ4n) is 3.87. The summed E-state index contributed by atoms with van der Waals surface area (Å²) in [5.74, 6) is 0. The molecular formula is C26H20N6O3S. The SMILES string of the molecule is Nc1c(N=Nc2cccc3ccccc23)ccc(N=Nc2ccc(S(=O)(=O)O)c3ccccc23)c1N. The number of hydrogen-bond acceptors (Lipinski definition) is 8. The molecule has 0 bridgehead atoms. The molecule has 0 heterocycles. The van der Waals surface area contributed by atoms with Crippen LogP contribution in [0, 0.1) is 0 Å². The first-order chi connectivity index (χ1) is 17.3. The summed E-state index contributed by atoms with van der Waals surface area (Å²) in [5, 5.41) is 20.0. The molecule has 0 saturated heterocycles. The summed E-state index contributed by atoms with van der Waals surface area (Å²) in [6.07, 6.45) is 0. The van der Waals surface area contributed by atoms with Gasteiger partial charge in [0.1, 0.15) is 16.3 Å². The van der Waals surface area contributed by atoms with E-state index in [1.54, 1.807) is 36.4 Å². The smallest absolute Gasteiger partial charge is 0.295 e. The maximum Gasteiger partial charge on any atom is 0.295 e. The number of nitrogens with zero attached hydrogens (tertiary/aromatic N) is 4. The maximum atomic E-state index is 11.7. The van der Waals surface area contributed by atoms with E-state index in [9.17, 15) is 13.0 Å². The summed E-state index contributed by atoms with van der Waals surface area (Å²) in [4.78, 5) is -0.207. The van der Waals surface area contributed by atoms with Crippen molar-refractivity contribution >= 4 is 65.8 Å². The molecule has 5 N–H and O–H groups in total. The number of hydrogen-bond donors (Lipinski definition) is 3. The van der Waals surface area contributed by atoms with E-state index in [0.29, 0.717) is 33.5 Å². The quantitative estimate of drug-likeness (QED) is 0.133. The molecular weight excluding hydrogens is 476 g/mol. The lowest BCUT2D eigenvalue weighted by Crippen LogP contribution is -1.98. The van der Waals surface area contributed by atoms with Crippen LogP contribution in [0.15, 0.2) is 116 Å². The van der Waals surface area contributed by atoms with Crippen LogP contribution in [0.1, 0.15) is 0 Å². The van der Waals surface area contributed by atoms with Gasteiger partial charge in [-0.25, -0.2) is 0 Å². The van der Waals surface area contributed by atoms with Crippen LogP contribution < -0.4 is 11.5 Å². The zero-order valence-corrected chi connectivity index (χ0v) is 19.6. The minimum absolute atomic E-state index is 0.187. The fourth-order valence-corrected chi connectivity index (χ4v) is 4.56. The molecule has 0 fully saturated rings. The second-order valence-corrected chi connectivity index (χ2v) is 9.32. The van der Waals surface area contributed by atoms with Crippen LogP contribution in [0.4, 0.5) is 34.1 Å². The van der Waals surface area contributed by atoms with Gasteiger partial charge in [0.25, 0.3) is 10.1 Å². The second-order valence-electron chi connectivity index (χ2n) is 7.93. The molecule has 0 aliphatic heterocycles. The molecule has 0 aliphatic rings. The predicted molar refractivity (Wildman–Crippen MR) is 141 cm³/mol. The summed E-state index contributed by atoms with van der Waals surface area (Å²) in [7, 11) is -4.40. The minimum Gasteiger partial charge on any atom is -0.395 e. The molecule has 0 aliphatic carbocycles. The summed E-state index contributed by atoms with van der Waals surface area (Å²) >= 11 is 0. The molecule has 5 aromatic carbocycles. The van der Waals surface area contributed by atoms with Gasteiger partial charge in [0.05, 0.1) is 22.7 Å². The molecule has 5 aromatic rings. The highest BCUT2D eigenvalue weighted by Gasteiger charge is 2.16. The molecule has 0 aromatic heterocycles. The van der Waals surface area contributed by atoms with E-state index >= 15 is 0 Å². The third-order valence-electron chi connectivity index (χ3n) is 5.68. The van der Waals surface area contributed by atoms with Gasteiger partial charge in [0.2, 0.25) is 0 Å². The predicted octanol–water partition coefficient (Wildman–Crippen LogP) is 7.23. The average Bonchev–Trinajstić information content (AvgIpc) is 2.88. The third kappa shape index (κ3) is 4.38. The van der Waals surface area contributed by atoms with Crippen LogP contribution >= 0.6 is 0 Å². The second kappa shape index (κ2) is 9.17. The van der Waals surface area contributed by atoms with Gasteiger partial charge < -0.3 is 11.5 Å². The Morgan fingerprint density at radius 3 is 1.64 bits per heavy atom. The largest absolute Gasteiger partial charge is 0.395 e. The molecule has 178 valence electrons. The number of benzene rings is 5. The summed E-state index contributed by atoms with van der Waals surface area (Å²) in [6, 6.07) is 26.3. The first-order valence-electron chi connectivity index (χ1n) is 10.8. The van der Waals surface area contributed by atoms with Gasteiger partial charge in [-0.05, 0) is 35.7 Å². The van der Waals surface area contributed by atoms with Gasteiger partial charge in [-0.15, -0.1) is 20.5 Å². The molecule has 0 atom stereocenters. The normalized spacial score (nSPS) is 12.2. The van der Waals surface area contributed by atoms with Crippen LogP contribution in [-0.4, -0.2) is 13.0 Å². The van der Waals surface area contributed by atoms with E-state index in [1.807, 2.05) is 42.5 Å². The van der Waals surface area contributed by atoms with Crippen LogP contribution in [0.2, 0.25) is 0 Å². The Kier molecular flexibility index (Phi) is 5.88. The van der Waals surface area contributed by atoms with Crippen molar-refractivity contribution in [2.24, 2.45) is 20.5 Å². The standard InChI is InChI=1S/C26H20N6O3S/c27-25-22(31-29-20-11-5-7-16-6-1-2-8-17(16)20)12-13-23(26(25)28)32-30-21-14-15-24(36(33,34)35)19-10-4-3-9-18(19)21/h1-15H,27-28H2,(H,33,34,35). The highest BCUT2D eigenvalue weighted by atomic mass is 32.2. The summed E-state index contributed by atoms with van der Waals surface area (Å²) in [6.45, 7) is 0. The molecule has 0 radical (unpaired) electrons. The van der Waals surface area contributed by atoms with Gasteiger partial charge in [0.15, 0.2) is 0 Å². The Morgan fingerprint density at radius 1 is 0.528 bits per heavy atom. The number of rotatable bonds is 5. The molecule has 9 nitrogen and oxygen atoms in total. The number of nitrogens with two attached hydrogens (primary N) is 2. The average molecular weight is 497 g/mol. The monoisotopic (exact) mass is 496 g/mol. The van der Waals surface area contributed by atoms with Gasteiger partial charge >= 0.3 is 0 Å². The third-order valence-corrected chi connectivity index (χ3v) is 6.59. The van der Waals surface area contributed by atoms with Crippen molar-refractivity contribution in [1.29, 1.82) is 0 Å². The van der Waals surface area contributed by atoms with E-state index in [4.69, 9.17) is 11.5 Å². The van der Waals surface area contributed by atoms with Gasteiger partial charge in [-0.1, -0.05) is 60.7 Å². The van der Waals surface area contributed by atoms with Crippen LogP contribution in [0.3, 0.4) is 0 Å². The Morgan fingerprint density at radius 2 is 1.00 bits per heavy atom. The topological polar surface area (TPSA) is 156 Å².